The molecule has 1 fully saturated rings. The van der Waals surface area contributed by atoms with Crippen LogP contribution in [0.1, 0.15) is 60.3 Å². The van der Waals surface area contributed by atoms with Crippen molar-refractivity contribution in [3.8, 4) is 0 Å². The van der Waals surface area contributed by atoms with Crippen molar-refractivity contribution < 1.29 is 0 Å². The highest BCUT2D eigenvalue weighted by Gasteiger charge is 2.33. The van der Waals surface area contributed by atoms with Crippen LogP contribution in [0.3, 0.4) is 0 Å². The molecule has 0 spiro atoms. The molecule has 18 heavy (non-hydrogen) atoms. The molecule has 1 N–H and O–H groups in total. The molecule has 1 aliphatic carbocycles. The van der Waals surface area contributed by atoms with Crippen LogP contribution >= 0.6 is 0 Å². The zero-order chi connectivity index (χ0) is 13.5. The molecule has 0 bridgehead atoms. The molecule has 0 aromatic heterocycles. The van der Waals surface area contributed by atoms with Crippen molar-refractivity contribution in [2.45, 2.75) is 72.4 Å². The summed E-state index contributed by atoms with van der Waals surface area (Å²) in [7, 11) is 0. The van der Waals surface area contributed by atoms with Crippen LogP contribution in [0.2, 0.25) is 0 Å². The van der Waals surface area contributed by atoms with Crippen LogP contribution in [-0.2, 0) is 0 Å². The summed E-state index contributed by atoms with van der Waals surface area (Å²) >= 11 is 0. The molecule has 0 aromatic rings. The van der Waals surface area contributed by atoms with Crippen molar-refractivity contribution in [3.63, 3.8) is 0 Å². The van der Waals surface area contributed by atoms with Gasteiger partial charge in [-0.15, -0.1) is 0 Å². The van der Waals surface area contributed by atoms with E-state index in [-0.39, 0.29) is 0 Å². The van der Waals surface area contributed by atoms with E-state index in [0.717, 1.165) is 30.5 Å². The largest absolute Gasteiger partial charge is 0.315 e. The first-order valence-corrected chi connectivity index (χ1v) is 8.01. The Morgan fingerprint density at radius 2 is 1.72 bits per heavy atom. The average molecular weight is 254 g/mol. The highest BCUT2D eigenvalue weighted by Crippen LogP contribution is 2.30. The SMILES string of the molecule is CCCC(CNCC(C)C)N(CC(C)C)C1CC1. The Kier molecular flexibility index (Phi) is 7.25. The van der Waals surface area contributed by atoms with E-state index in [2.05, 4.69) is 44.8 Å². The molecular weight excluding hydrogens is 220 g/mol. The monoisotopic (exact) mass is 254 g/mol. The predicted octanol–water partition coefficient (Wildman–Crippen LogP) is 3.52. The third-order valence-electron chi connectivity index (χ3n) is 3.62. The molecule has 1 aliphatic rings. The lowest BCUT2D eigenvalue weighted by atomic mass is 10.1. The van der Waals surface area contributed by atoms with Gasteiger partial charge in [-0.2, -0.15) is 0 Å². The van der Waals surface area contributed by atoms with E-state index in [0.29, 0.717) is 0 Å². The molecule has 1 rings (SSSR count). The summed E-state index contributed by atoms with van der Waals surface area (Å²) in [6.45, 7) is 15.2. The van der Waals surface area contributed by atoms with Gasteiger partial charge in [-0.25, -0.2) is 0 Å². The zero-order valence-corrected chi connectivity index (χ0v) is 13.2. The second-order valence-corrected chi connectivity index (χ2v) is 6.82. The van der Waals surface area contributed by atoms with Gasteiger partial charge < -0.3 is 5.32 Å². The van der Waals surface area contributed by atoms with Crippen LogP contribution in [0.15, 0.2) is 0 Å². The van der Waals surface area contributed by atoms with E-state index in [1.807, 2.05) is 0 Å². The van der Waals surface area contributed by atoms with E-state index in [1.54, 1.807) is 0 Å². The molecule has 0 aliphatic heterocycles. The molecule has 108 valence electrons. The first kappa shape index (κ1) is 16.0. The zero-order valence-electron chi connectivity index (χ0n) is 13.2. The van der Waals surface area contributed by atoms with Gasteiger partial charge in [0, 0.05) is 25.2 Å². The van der Waals surface area contributed by atoms with Gasteiger partial charge in [0.2, 0.25) is 0 Å². The van der Waals surface area contributed by atoms with Gasteiger partial charge in [-0.1, -0.05) is 41.0 Å². The van der Waals surface area contributed by atoms with E-state index < -0.39 is 0 Å². The Labute approximate surface area is 115 Å². The molecule has 1 atom stereocenters. The molecule has 1 unspecified atom stereocenters. The fourth-order valence-electron chi connectivity index (χ4n) is 2.68. The second-order valence-electron chi connectivity index (χ2n) is 6.82. The lowest BCUT2D eigenvalue weighted by Gasteiger charge is -2.33. The van der Waals surface area contributed by atoms with Crippen LogP contribution in [-0.4, -0.2) is 36.6 Å². The maximum absolute atomic E-state index is 3.66. The summed E-state index contributed by atoms with van der Waals surface area (Å²) in [4.78, 5) is 2.79. The Hall–Kier alpha value is -0.0800. The summed E-state index contributed by atoms with van der Waals surface area (Å²) in [5.74, 6) is 1.54. The average Bonchev–Trinajstić information content (AvgIpc) is 3.08. The van der Waals surface area contributed by atoms with Gasteiger partial charge in [0.15, 0.2) is 0 Å². The summed E-state index contributed by atoms with van der Waals surface area (Å²) in [6.07, 6.45) is 5.50. The molecule has 0 radical (unpaired) electrons. The maximum atomic E-state index is 3.66. The Bertz CT molecular complexity index is 209. The molecular formula is C16H34N2. The van der Waals surface area contributed by atoms with Crippen LogP contribution in [0.5, 0.6) is 0 Å². The fraction of sp³-hybridized carbons (Fsp3) is 1.00. The van der Waals surface area contributed by atoms with Crippen LogP contribution in [0.4, 0.5) is 0 Å². The van der Waals surface area contributed by atoms with Crippen molar-refractivity contribution in [2.24, 2.45) is 11.8 Å². The van der Waals surface area contributed by atoms with Gasteiger partial charge in [-0.05, 0) is 37.6 Å². The van der Waals surface area contributed by atoms with E-state index in [9.17, 15) is 0 Å². The summed E-state index contributed by atoms with van der Waals surface area (Å²) in [6, 6.07) is 1.65. The van der Waals surface area contributed by atoms with Gasteiger partial charge in [-0.3, -0.25) is 4.90 Å². The third-order valence-corrected chi connectivity index (χ3v) is 3.62. The van der Waals surface area contributed by atoms with Gasteiger partial charge in [0.1, 0.15) is 0 Å². The summed E-state index contributed by atoms with van der Waals surface area (Å²) in [5.41, 5.74) is 0. The minimum atomic E-state index is 0.753. The molecule has 0 aromatic carbocycles. The van der Waals surface area contributed by atoms with Gasteiger partial charge >= 0.3 is 0 Å². The van der Waals surface area contributed by atoms with Crippen molar-refractivity contribution in [1.29, 1.82) is 0 Å². The van der Waals surface area contributed by atoms with Crippen LogP contribution in [0, 0.1) is 11.8 Å². The van der Waals surface area contributed by atoms with Crippen LogP contribution < -0.4 is 5.32 Å². The van der Waals surface area contributed by atoms with E-state index in [4.69, 9.17) is 0 Å². The lowest BCUT2D eigenvalue weighted by molar-refractivity contribution is 0.152. The lowest BCUT2D eigenvalue weighted by Crippen LogP contribution is -2.45. The Balaban J connectivity index is 2.44. The third kappa shape index (κ3) is 6.19. The van der Waals surface area contributed by atoms with Crippen molar-refractivity contribution in [1.82, 2.24) is 10.2 Å². The number of nitrogens with zero attached hydrogens (tertiary/aromatic N) is 1. The fourth-order valence-corrected chi connectivity index (χ4v) is 2.68. The molecule has 1 saturated carbocycles. The van der Waals surface area contributed by atoms with Crippen molar-refractivity contribution >= 4 is 0 Å². The van der Waals surface area contributed by atoms with Gasteiger partial charge in [0.25, 0.3) is 0 Å². The van der Waals surface area contributed by atoms with Crippen molar-refractivity contribution in [2.75, 3.05) is 19.6 Å². The molecule has 0 amide bonds. The minimum absolute atomic E-state index is 0.753. The Morgan fingerprint density at radius 1 is 1.06 bits per heavy atom. The smallest absolute Gasteiger partial charge is 0.0223 e. The molecule has 0 saturated heterocycles. The number of rotatable bonds is 10. The topological polar surface area (TPSA) is 15.3 Å². The first-order chi connectivity index (χ1) is 8.54. The van der Waals surface area contributed by atoms with Gasteiger partial charge in [0.05, 0.1) is 0 Å². The summed E-state index contributed by atoms with van der Waals surface area (Å²) < 4.78 is 0. The minimum Gasteiger partial charge on any atom is -0.315 e. The van der Waals surface area contributed by atoms with E-state index >= 15 is 0 Å². The highest BCUT2D eigenvalue weighted by molar-refractivity contribution is 4.90. The van der Waals surface area contributed by atoms with E-state index in [1.165, 1.54) is 38.8 Å². The number of hydrogen-bond acceptors (Lipinski definition) is 2. The molecule has 2 heteroatoms. The van der Waals surface area contributed by atoms with Crippen molar-refractivity contribution in [3.05, 3.63) is 0 Å². The first-order valence-electron chi connectivity index (χ1n) is 8.01. The highest BCUT2D eigenvalue weighted by atomic mass is 15.2. The normalized spacial score (nSPS) is 18.0. The number of nitrogens with one attached hydrogen (secondary N) is 1. The molecule has 2 nitrogen and oxygen atoms in total. The number of hydrogen-bond donors (Lipinski definition) is 1. The predicted molar refractivity (Wildman–Crippen MR) is 81.0 cm³/mol. The molecule has 0 heterocycles. The summed E-state index contributed by atoms with van der Waals surface area (Å²) in [5, 5.41) is 3.66. The maximum Gasteiger partial charge on any atom is 0.0223 e. The second kappa shape index (κ2) is 8.16. The Morgan fingerprint density at radius 3 is 2.17 bits per heavy atom. The quantitative estimate of drug-likeness (QED) is 0.642. The standard InChI is InChI=1S/C16H34N2/c1-6-7-16(11-17-10-13(2)3)18(12-14(4)5)15-8-9-15/h13-17H,6-12H2,1-5H3. The van der Waals surface area contributed by atoms with Crippen LogP contribution in [0.25, 0.3) is 0 Å².